The summed E-state index contributed by atoms with van der Waals surface area (Å²) in [7, 11) is 0. The number of carbonyl (C=O) groups excluding carboxylic acids is 1. The van der Waals surface area contributed by atoms with Crippen LogP contribution in [0.15, 0.2) is 42.9 Å². The summed E-state index contributed by atoms with van der Waals surface area (Å²) in [5.74, 6) is -2.65. The third-order valence-electron chi connectivity index (χ3n) is 6.26. The molecule has 1 aliphatic carbocycles. The van der Waals surface area contributed by atoms with E-state index in [0.29, 0.717) is 5.56 Å². The first kappa shape index (κ1) is 23.2. The number of carbonyl (C=O) groups is 1. The highest BCUT2D eigenvalue weighted by Crippen LogP contribution is 2.44. The summed E-state index contributed by atoms with van der Waals surface area (Å²) in [4.78, 5) is 25.0. The molecule has 1 saturated carbocycles. The molecular formula is C24H23F2N5O4. The molecule has 9 nitrogen and oxygen atoms in total. The normalized spacial score (nSPS) is 24.2. The molecule has 182 valence electrons. The smallest absolute Gasteiger partial charge is 0.276 e. The highest BCUT2D eigenvalue weighted by Gasteiger charge is 2.45. The standard InChI is InChI=1S/C24H23F2N5O4/c25-13-2-1-3-14(26)19(13)23-29-9-15(27)20(31-23)24(34)30-16-10-28-7-6-12(16)18-8-17(32)21(33)22(35-18)11-4-5-11/h1-3,6-7,9-11,17-18,21-22,32-33H,4-5,8,27H2,(H,30,34). The number of aliphatic hydroxyl groups is 2. The zero-order chi connectivity index (χ0) is 24.7. The number of pyridine rings is 1. The summed E-state index contributed by atoms with van der Waals surface area (Å²) in [5, 5.41) is 23.4. The minimum absolute atomic E-state index is 0.0882. The van der Waals surface area contributed by atoms with Crippen molar-refractivity contribution in [1.82, 2.24) is 15.0 Å². The number of nitrogen functional groups attached to an aromatic ring is 1. The number of benzene rings is 1. The Balaban J connectivity index is 1.43. The number of hydrogen-bond acceptors (Lipinski definition) is 8. The summed E-state index contributed by atoms with van der Waals surface area (Å²) in [6.07, 6.45) is 2.95. The maximum absolute atomic E-state index is 14.2. The van der Waals surface area contributed by atoms with E-state index in [1.165, 1.54) is 18.5 Å². The van der Waals surface area contributed by atoms with Crippen LogP contribution in [0.25, 0.3) is 11.4 Å². The van der Waals surface area contributed by atoms with Crippen molar-refractivity contribution >= 4 is 17.3 Å². The lowest BCUT2D eigenvalue weighted by molar-refractivity contribution is -0.177. The third-order valence-corrected chi connectivity index (χ3v) is 6.26. The van der Waals surface area contributed by atoms with Crippen LogP contribution < -0.4 is 11.1 Å². The number of amides is 1. The Morgan fingerprint density at radius 3 is 2.60 bits per heavy atom. The van der Waals surface area contributed by atoms with Gasteiger partial charge in [0, 0.05) is 18.2 Å². The van der Waals surface area contributed by atoms with Gasteiger partial charge in [-0.2, -0.15) is 0 Å². The highest BCUT2D eigenvalue weighted by molar-refractivity contribution is 6.06. The van der Waals surface area contributed by atoms with E-state index in [0.717, 1.165) is 31.2 Å². The first-order valence-electron chi connectivity index (χ1n) is 11.2. The van der Waals surface area contributed by atoms with Gasteiger partial charge < -0.3 is 26.0 Å². The fraction of sp³-hybridized carbons (Fsp3) is 0.333. The Hall–Kier alpha value is -3.54. The van der Waals surface area contributed by atoms with Crippen LogP contribution in [0, 0.1) is 17.6 Å². The van der Waals surface area contributed by atoms with E-state index < -0.39 is 47.5 Å². The molecule has 0 spiro atoms. The molecule has 5 rings (SSSR count). The molecule has 2 fully saturated rings. The fourth-order valence-corrected chi connectivity index (χ4v) is 4.30. The molecular weight excluding hydrogens is 460 g/mol. The van der Waals surface area contributed by atoms with Crippen molar-refractivity contribution in [3.8, 4) is 11.4 Å². The Morgan fingerprint density at radius 1 is 1.14 bits per heavy atom. The minimum Gasteiger partial charge on any atom is -0.396 e. The highest BCUT2D eigenvalue weighted by atomic mass is 19.1. The van der Waals surface area contributed by atoms with E-state index in [2.05, 4.69) is 20.3 Å². The molecule has 0 radical (unpaired) electrons. The Labute approximate surface area is 199 Å². The van der Waals surface area contributed by atoms with Gasteiger partial charge in [0.1, 0.15) is 17.7 Å². The van der Waals surface area contributed by atoms with Crippen LogP contribution in [0.4, 0.5) is 20.2 Å². The zero-order valence-electron chi connectivity index (χ0n) is 18.4. The van der Waals surface area contributed by atoms with Gasteiger partial charge in [-0.1, -0.05) is 6.07 Å². The van der Waals surface area contributed by atoms with E-state index in [9.17, 15) is 23.8 Å². The summed E-state index contributed by atoms with van der Waals surface area (Å²) >= 11 is 0. The van der Waals surface area contributed by atoms with Gasteiger partial charge in [0.2, 0.25) is 0 Å². The minimum atomic E-state index is -0.980. The van der Waals surface area contributed by atoms with E-state index >= 15 is 0 Å². The van der Waals surface area contributed by atoms with E-state index in [1.807, 2.05) is 0 Å². The van der Waals surface area contributed by atoms with Crippen molar-refractivity contribution in [2.24, 2.45) is 5.92 Å². The summed E-state index contributed by atoms with van der Waals surface area (Å²) < 4.78 is 34.5. The topological polar surface area (TPSA) is 143 Å². The number of nitrogens with two attached hydrogens (primary N) is 1. The van der Waals surface area contributed by atoms with Gasteiger partial charge in [0.15, 0.2) is 11.5 Å². The van der Waals surface area contributed by atoms with Crippen molar-refractivity contribution in [3.05, 3.63) is 65.7 Å². The maximum Gasteiger partial charge on any atom is 0.276 e. The third kappa shape index (κ3) is 4.57. The number of ether oxygens (including phenoxy) is 1. The van der Waals surface area contributed by atoms with Crippen LogP contribution in [0.5, 0.6) is 0 Å². The summed E-state index contributed by atoms with van der Waals surface area (Å²) in [5.41, 5.74) is 5.90. The first-order valence-corrected chi connectivity index (χ1v) is 11.2. The number of nitrogens with zero attached hydrogens (tertiary/aromatic N) is 3. The molecule has 2 aromatic heterocycles. The molecule has 3 heterocycles. The number of hydrogen-bond donors (Lipinski definition) is 4. The number of aromatic nitrogens is 3. The molecule has 1 aromatic carbocycles. The van der Waals surface area contributed by atoms with E-state index in [4.69, 9.17) is 10.5 Å². The van der Waals surface area contributed by atoms with Gasteiger partial charge in [0.25, 0.3) is 5.91 Å². The second-order valence-corrected chi connectivity index (χ2v) is 8.73. The largest absolute Gasteiger partial charge is 0.396 e. The van der Waals surface area contributed by atoms with E-state index in [1.54, 1.807) is 6.07 Å². The zero-order valence-corrected chi connectivity index (χ0v) is 18.4. The van der Waals surface area contributed by atoms with Crippen molar-refractivity contribution in [2.75, 3.05) is 11.1 Å². The second kappa shape index (κ2) is 9.25. The van der Waals surface area contributed by atoms with Gasteiger partial charge in [-0.15, -0.1) is 0 Å². The molecule has 5 N–H and O–H groups in total. The molecule has 11 heteroatoms. The van der Waals surface area contributed by atoms with Gasteiger partial charge in [-0.25, -0.2) is 18.7 Å². The molecule has 2 aliphatic rings. The van der Waals surface area contributed by atoms with Crippen molar-refractivity contribution in [2.45, 2.75) is 43.7 Å². The van der Waals surface area contributed by atoms with Crippen LogP contribution in [0.1, 0.15) is 41.4 Å². The maximum atomic E-state index is 14.2. The number of nitrogens with one attached hydrogen (secondary N) is 1. The molecule has 1 aliphatic heterocycles. The summed E-state index contributed by atoms with van der Waals surface area (Å²) in [6.45, 7) is 0. The van der Waals surface area contributed by atoms with Crippen LogP contribution in [-0.4, -0.2) is 49.4 Å². The average molecular weight is 483 g/mol. The lowest BCUT2D eigenvalue weighted by atomic mass is 9.91. The Morgan fingerprint density at radius 2 is 1.89 bits per heavy atom. The van der Waals surface area contributed by atoms with Crippen LogP contribution >= 0.6 is 0 Å². The first-order chi connectivity index (χ1) is 16.8. The van der Waals surface area contributed by atoms with Crippen molar-refractivity contribution < 1.29 is 28.5 Å². The Kier molecular flexibility index (Phi) is 6.13. The lowest BCUT2D eigenvalue weighted by Crippen LogP contribution is -2.46. The Bertz CT molecular complexity index is 1250. The summed E-state index contributed by atoms with van der Waals surface area (Å²) in [6, 6.07) is 4.98. The average Bonchev–Trinajstić information content (AvgIpc) is 3.67. The molecule has 1 amide bonds. The second-order valence-electron chi connectivity index (χ2n) is 8.73. The van der Waals surface area contributed by atoms with Crippen molar-refractivity contribution in [1.29, 1.82) is 0 Å². The van der Waals surface area contributed by atoms with Crippen LogP contribution in [-0.2, 0) is 4.74 Å². The fourth-order valence-electron chi connectivity index (χ4n) is 4.30. The van der Waals surface area contributed by atoms with Crippen molar-refractivity contribution in [3.63, 3.8) is 0 Å². The van der Waals surface area contributed by atoms with E-state index in [-0.39, 0.29) is 35.2 Å². The molecule has 1 saturated heterocycles. The SMILES string of the molecule is Nc1cnc(-c2c(F)cccc2F)nc1C(=O)Nc1cnccc1C1CC(O)C(O)C(C2CC2)O1. The number of rotatable bonds is 5. The molecule has 0 bridgehead atoms. The number of aliphatic hydroxyl groups excluding tert-OH is 2. The van der Waals surface area contributed by atoms with Gasteiger partial charge in [-0.3, -0.25) is 9.78 Å². The number of anilines is 2. The lowest BCUT2D eigenvalue weighted by Gasteiger charge is -2.38. The molecule has 4 unspecified atom stereocenters. The predicted octanol–water partition coefficient (Wildman–Crippen LogP) is 2.61. The molecule has 3 aromatic rings. The van der Waals surface area contributed by atoms with Gasteiger partial charge in [-0.05, 0) is 37.0 Å². The molecule has 35 heavy (non-hydrogen) atoms. The van der Waals surface area contributed by atoms with Gasteiger partial charge in [0.05, 0.1) is 47.6 Å². The number of halogens is 2. The van der Waals surface area contributed by atoms with Crippen LogP contribution in [0.3, 0.4) is 0 Å². The molecule has 4 atom stereocenters. The predicted molar refractivity (Wildman–Crippen MR) is 121 cm³/mol. The van der Waals surface area contributed by atoms with Crippen LogP contribution in [0.2, 0.25) is 0 Å². The monoisotopic (exact) mass is 483 g/mol. The quantitative estimate of drug-likeness (QED) is 0.434. The van der Waals surface area contributed by atoms with Gasteiger partial charge >= 0.3 is 0 Å².